The second-order valence-corrected chi connectivity index (χ2v) is 9.40. The maximum atomic E-state index is 12.8. The highest BCUT2D eigenvalue weighted by atomic mass is 16.6. The average molecular weight is 416 g/mol. The molecule has 1 amide bonds. The standard InChI is InChI=1S/C24H33NO5/c1-3-8-28-20-6-4-5-7-21(20)29-15-22(26)30-16(2)23(27)25-24-12-17-9-18(13-24)11-19(10-17)14-24/h4-7,16-19H,3,8-15H2,1-2H3,(H,25,27)/t16-,17?,18?,19?,24?/m1/s1. The minimum atomic E-state index is -0.833. The largest absolute Gasteiger partial charge is 0.490 e. The van der Waals surface area contributed by atoms with Gasteiger partial charge in [-0.1, -0.05) is 19.1 Å². The highest BCUT2D eigenvalue weighted by Gasteiger charge is 2.51. The maximum Gasteiger partial charge on any atom is 0.344 e. The summed E-state index contributed by atoms with van der Waals surface area (Å²) in [6, 6.07) is 7.23. The number of benzene rings is 1. The summed E-state index contributed by atoms with van der Waals surface area (Å²) in [5.41, 5.74) is -0.0848. The lowest BCUT2D eigenvalue weighted by Crippen LogP contribution is -2.61. The number of hydrogen-bond acceptors (Lipinski definition) is 5. The third kappa shape index (κ3) is 4.73. The Morgan fingerprint density at radius 3 is 2.17 bits per heavy atom. The van der Waals surface area contributed by atoms with Crippen LogP contribution >= 0.6 is 0 Å². The molecule has 4 aliphatic carbocycles. The van der Waals surface area contributed by atoms with Crippen LogP contribution in [-0.2, 0) is 14.3 Å². The molecule has 0 aliphatic heterocycles. The molecular weight excluding hydrogens is 382 g/mol. The summed E-state index contributed by atoms with van der Waals surface area (Å²) < 4.78 is 16.6. The molecule has 6 heteroatoms. The smallest absolute Gasteiger partial charge is 0.344 e. The first kappa shape index (κ1) is 21.0. The van der Waals surface area contributed by atoms with Crippen molar-refractivity contribution >= 4 is 11.9 Å². The van der Waals surface area contributed by atoms with E-state index in [4.69, 9.17) is 14.2 Å². The van der Waals surface area contributed by atoms with Crippen molar-refractivity contribution in [1.82, 2.24) is 5.32 Å². The fourth-order valence-electron chi connectivity index (χ4n) is 5.95. The molecule has 0 heterocycles. The lowest BCUT2D eigenvalue weighted by atomic mass is 9.53. The summed E-state index contributed by atoms with van der Waals surface area (Å²) in [4.78, 5) is 25.0. The summed E-state index contributed by atoms with van der Waals surface area (Å²) in [5, 5.41) is 3.26. The van der Waals surface area contributed by atoms with E-state index in [1.807, 2.05) is 19.1 Å². The molecule has 0 radical (unpaired) electrons. The Hall–Kier alpha value is -2.24. The van der Waals surface area contributed by atoms with Gasteiger partial charge in [0.15, 0.2) is 24.2 Å². The summed E-state index contributed by atoms with van der Waals surface area (Å²) >= 11 is 0. The average Bonchev–Trinajstić information content (AvgIpc) is 2.70. The van der Waals surface area contributed by atoms with Gasteiger partial charge in [0.2, 0.25) is 0 Å². The van der Waals surface area contributed by atoms with Crippen molar-refractivity contribution in [2.45, 2.75) is 70.4 Å². The van der Waals surface area contributed by atoms with Crippen LogP contribution in [0.15, 0.2) is 24.3 Å². The van der Waals surface area contributed by atoms with Crippen LogP contribution in [0.3, 0.4) is 0 Å². The first-order valence-electron chi connectivity index (χ1n) is 11.3. The van der Waals surface area contributed by atoms with E-state index in [0.29, 0.717) is 18.1 Å². The van der Waals surface area contributed by atoms with E-state index < -0.39 is 12.1 Å². The molecule has 1 aromatic rings. The molecule has 1 aromatic carbocycles. The number of hydrogen-bond donors (Lipinski definition) is 1. The Morgan fingerprint density at radius 1 is 1.03 bits per heavy atom. The van der Waals surface area contributed by atoms with E-state index in [1.54, 1.807) is 19.1 Å². The Labute approximate surface area is 178 Å². The number of para-hydroxylation sites is 2. The molecule has 4 fully saturated rings. The van der Waals surface area contributed by atoms with Gasteiger partial charge in [-0.2, -0.15) is 0 Å². The van der Waals surface area contributed by atoms with E-state index in [9.17, 15) is 9.59 Å². The number of carbonyl (C=O) groups is 2. The van der Waals surface area contributed by atoms with E-state index in [0.717, 1.165) is 43.4 Å². The molecular formula is C24H33NO5. The zero-order valence-electron chi connectivity index (χ0n) is 18.0. The van der Waals surface area contributed by atoms with E-state index in [-0.39, 0.29) is 18.1 Å². The van der Waals surface area contributed by atoms with Gasteiger partial charge in [-0.15, -0.1) is 0 Å². The molecule has 164 valence electrons. The number of rotatable bonds is 9. The van der Waals surface area contributed by atoms with Crippen LogP contribution in [0.5, 0.6) is 11.5 Å². The van der Waals surface area contributed by atoms with Crippen LogP contribution in [0.25, 0.3) is 0 Å². The number of ether oxygens (including phenoxy) is 3. The van der Waals surface area contributed by atoms with Crippen molar-refractivity contribution < 1.29 is 23.8 Å². The minimum absolute atomic E-state index is 0.0848. The number of amides is 1. The molecule has 5 rings (SSSR count). The molecule has 4 aliphatic rings. The highest BCUT2D eigenvalue weighted by Crippen LogP contribution is 2.55. The zero-order valence-corrected chi connectivity index (χ0v) is 18.0. The molecule has 1 N–H and O–H groups in total. The van der Waals surface area contributed by atoms with Crippen molar-refractivity contribution in [1.29, 1.82) is 0 Å². The molecule has 1 atom stereocenters. The summed E-state index contributed by atoms with van der Waals surface area (Å²) in [6.07, 6.45) is 7.23. The first-order valence-corrected chi connectivity index (χ1v) is 11.3. The van der Waals surface area contributed by atoms with Crippen molar-refractivity contribution in [2.75, 3.05) is 13.2 Å². The Bertz CT molecular complexity index is 741. The quantitative estimate of drug-likeness (QED) is 0.620. The van der Waals surface area contributed by atoms with Gasteiger partial charge in [0.05, 0.1) is 6.61 Å². The third-order valence-electron chi connectivity index (χ3n) is 6.76. The third-order valence-corrected chi connectivity index (χ3v) is 6.76. The van der Waals surface area contributed by atoms with Gasteiger partial charge in [-0.3, -0.25) is 4.79 Å². The predicted octanol–water partition coefficient (Wildman–Crippen LogP) is 3.87. The molecule has 0 saturated heterocycles. The van der Waals surface area contributed by atoms with Gasteiger partial charge >= 0.3 is 5.97 Å². The van der Waals surface area contributed by atoms with Crippen molar-refractivity contribution in [3.63, 3.8) is 0 Å². The van der Waals surface area contributed by atoms with E-state index >= 15 is 0 Å². The van der Waals surface area contributed by atoms with Crippen LogP contribution in [0, 0.1) is 17.8 Å². The molecule has 4 saturated carbocycles. The van der Waals surface area contributed by atoms with Crippen LogP contribution in [0.4, 0.5) is 0 Å². The summed E-state index contributed by atoms with van der Waals surface area (Å²) in [5.74, 6) is 2.58. The van der Waals surface area contributed by atoms with Gasteiger partial charge < -0.3 is 19.5 Å². The van der Waals surface area contributed by atoms with Gasteiger partial charge in [0, 0.05) is 5.54 Å². The summed E-state index contributed by atoms with van der Waals surface area (Å²) in [6.45, 7) is 3.97. The SMILES string of the molecule is CCCOc1ccccc1OCC(=O)O[C@H](C)C(=O)NC12CC3CC(CC(C3)C1)C2. The normalized spacial score (nSPS) is 29.9. The van der Waals surface area contributed by atoms with Gasteiger partial charge in [0.1, 0.15) is 0 Å². The van der Waals surface area contributed by atoms with Crippen LogP contribution < -0.4 is 14.8 Å². The topological polar surface area (TPSA) is 73.9 Å². The molecule has 0 aromatic heterocycles. The first-order chi connectivity index (χ1) is 14.5. The van der Waals surface area contributed by atoms with Crippen molar-refractivity contribution in [3.8, 4) is 11.5 Å². The lowest BCUT2D eigenvalue weighted by molar-refractivity contribution is -0.158. The Balaban J connectivity index is 1.26. The van der Waals surface area contributed by atoms with E-state index in [1.165, 1.54) is 19.3 Å². The molecule has 6 nitrogen and oxygen atoms in total. The van der Waals surface area contributed by atoms with Crippen LogP contribution in [0.1, 0.15) is 58.8 Å². The highest BCUT2D eigenvalue weighted by molar-refractivity contribution is 5.84. The molecule has 4 bridgehead atoms. The fraction of sp³-hybridized carbons (Fsp3) is 0.667. The van der Waals surface area contributed by atoms with Crippen LogP contribution in [0.2, 0.25) is 0 Å². The number of carbonyl (C=O) groups excluding carboxylic acids is 2. The van der Waals surface area contributed by atoms with Gasteiger partial charge in [-0.25, -0.2) is 4.79 Å². The van der Waals surface area contributed by atoms with Gasteiger partial charge in [-0.05, 0) is 81.8 Å². The second-order valence-electron chi connectivity index (χ2n) is 9.40. The Kier molecular flexibility index (Phi) is 6.21. The summed E-state index contributed by atoms with van der Waals surface area (Å²) in [7, 11) is 0. The lowest BCUT2D eigenvalue weighted by Gasteiger charge is -2.57. The molecule has 0 unspecified atom stereocenters. The second kappa shape index (κ2) is 8.86. The monoisotopic (exact) mass is 415 g/mol. The van der Waals surface area contributed by atoms with E-state index in [2.05, 4.69) is 5.32 Å². The number of nitrogens with one attached hydrogen (secondary N) is 1. The molecule has 0 spiro atoms. The van der Waals surface area contributed by atoms with Crippen molar-refractivity contribution in [3.05, 3.63) is 24.3 Å². The maximum absolute atomic E-state index is 12.8. The minimum Gasteiger partial charge on any atom is -0.490 e. The molecule has 30 heavy (non-hydrogen) atoms. The fourth-order valence-corrected chi connectivity index (χ4v) is 5.95. The van der Waals surface area contributed by atoms with Crippen LogP contribution in [-0.4, -0.2) is 36.7 Å². The predicted molar refractivity (Wildman–Crippen MR) is 112 cm³/mol. The number of esters is 1. The Morgan fingerprint density at radius 2 is 1.60 bits per heavy atom. The van der Waals surface area contributed by atoms with Gasteiger partial charge in [0.25, 0.3) is 5.91 Å². The van der Waals surface area contributed by atoms with Crippen molar-refractivity contribution in [2.24, 2.45) is 17.8 Å². The zero-order chi connectivity index (χ0) is 21.1.